The standard InChI is InChI=1S/C20H22N6O4S/c1-13-5-7-20(8-6-13)17(27)25(18(28)23-20)22-12-14-3-4-16(15(11-14)26(29)30)31-19-21-9-10-24(19)2/h3-4,9-13H,5-8H2,1-2H3,(H,23,28)/b22-12-. The first-order chi connectivity index (χ1) is 14.8. The van der Waals surface area contributed by atoms with E-state index in [1.54, 1.807) is 36.1 Å². The van der Waals surface area contributed by atoms with Crippen LogP contribution in [0.25, 0.3) is 0 Å². The molecule has 3 amide bonds. The number of carbonyl (C=O) groups excluding carboxylic acids is 2. The Morgan fingerprint density at radius 2 is 2.10 bits per heavy atom. The topological polar surface area (TPSA) is 123 Å². The number of hydrogen-bond acceptors (Lipinski definition) is 7. The monoisotopic (exact) mass is 442 g/mol. The number of hydrogen-bond donors (Lipinski definition) is 1. The first-order valence-electron chi connectivity index (χ1n) is 9.93. The average molecular weight is 443 g/mol. The van der Waals surface area contributed by atoms with Gasteiger partial charge in [0, 0.05) is 31.1 Å². The SMILES string of the molecule is CC1CCC2(CC1)NC(=O)N(/N=C\c1ccc(Sc3nccn3C)c([N+](=O)[O-])c1)C2=O. The zero-order valence-corrected chi connectivity index (χ0v) is 18.0. The van der Waals surface area contributed by atoms with Crippen LogP contribution >= 0.6 is 11.8 Å². The van der Waals surface area contributed by atoms with Gasteiger partial charge in [-0.25, -0.2) is 9.78 Å². The molecule has 2 aliphatic rings. The van der Waals surface area contributed by atoms with Crippen LogP contribution in [0.5, 0.6) is 0 Å². The number of aryl methyl sites for hydroxylation is 1. The highest BCUT2D eigenvalue weighted by molar-refractivity contribution is 7.99. The molecule has 1 saturated carbocycles. The maximum Gasteiger partial charge on any atom is 0.346 e. The Kier molecular flexibility index (Phi) is 5.52. The lowest BCUT2D eigenvalue weighted by molar-refractivity contribution is -0.387. The molecule has 1 N–H and O–H groups in total. The van der Waals surface area contributed by atoms with E-state index in [0.717, 1.165) is 17.9 Å². The molecule has 10 nitrogen and oxygen atoms in total. The lowest BCUT2D eigenvalue weighted by atomic mass is 9.77. The fourth-order valence-corrected chi connectivity index (χ4v) is 4.71. The van der Waals surface area contributed by atoms with Crippen LogP contribution in [0.2, 0.25) is 0 Å². The van der Waals surface area contributed by atoms with Crippen molar-refractivity contribution < 1.29 is 14.5 Å². The van der Waals surface area contributed by atoms with Gasteiger partial charge >= 0.3 is 6.03 Å². The molecule has 0 atom stereocenters. The van der Waals surface area contributed by atoms with Crippen LogP contribution in [0, 0.1) is 16.0 Å². The molecule has 1 aliphatic heterocycles. The second kappa shape index (κ2) is 8.14. The molecule has 2 fully saturated rings. The van der Waals surface area contributed by atoms with Crippen LogP contribution in [0.3, 0.4) is 0 Å². The van der Waals surface area contributed by atoms with E-state index < -0.39 is 16.5 Å². The van der Waals surface area contributed by atoms with Crippen LogP contribution in [-0.4, -0.2) is 43.2 Å². The first-order valence-corrected chi connectivity index (χ1v) is 10.7. The Bertz CT molecular complexity index is 1070. The number of imide groups is 1. The maximum absolute atomic E-state index is 12.9. The van der Waals surface area contributed by atoms with Gasteiger partial charge in [-0.1, -0.05) is 13.0 Å². The smallest absolute Gasteiger partial charge is 0.329 e. The van der Waals surface area contributed by atoms with Gasteiger partial charge < -0.3 is 9.88 Å². The van der Waals surface area contributed by atoms with Gasteiger partial charge in [-0.3, -0.25) is 14.9 Å². The third-order valence-corrected chi connectivity index (χ3v) is 6.89. The molecule has 1 spiro atoms. The summed E-state index contributed by atoms with van der Waals surface area (Å²) in [5.74, 6) is 0.160. The average Bonchev–Trinajstić information content (AvgIpc) is 3.24. The Morgan fingerprint density at radius 1 is 1.35 bits per heavy atom. The summed E-state index contributed by atoms with van der Waals surface area (Å²) in [6.07, 6.45) is 7.59. The second-order valence-corrected chi connectivity index (χ2v) is 8.97. The van der Waals surface area contributed by atoms with Gasteiger partial charge in [0.15, 0.2) is 5.16 Å². The van der Waals surface area contributed by atoms with E-state index in [2.05, 4.69) is 22.3 Å². The van der Waals surface area contributed by atoms with Crippen LogP contribution in [-0.2, 0) is 11.8 Å². The Morgan fingerprint density at radius 3 is 2.74 bits per heavy atom. The number of imidazole rings is 1. The minimum atomic E-state index is -0.879. The van der Waals surface area contributed by atoms with Gasteiger partial charge in [0.25, 0.3) is 11.6 Å². The molecule has 2 heterocycles. The predicted molar refractivity (Wildman–Crippen MR) is 114 cm³/mol. The Labute approximate surface area is 182 Å². The van der Waals surface area contributed by atoms with Gasteiger partial charge in [0.2, 0.25) is 0 Å². The Balaban J connectivity index is 1.54. The highest BCUT2D eigenvalue weighted by Crippen LogP contribution is 2.37. The molecule has 1 aromatic heterocycles. The largest absolute Gasteiger partial charge is 0.346 e. The quantitative estimate of drug-likeness (QED) is 0.328. The lowest BCUT2D eigenvalue weighted by Gasteiger charge is -2.33. The van der Waals surface area contributed by atoms with Gasteiger partial charge in [-0.05, 0) is 49.4 Å². The highest BCUT2D eigenvalue weighted by atomic mass is 32.2. The van der Waals surface area contributed by atoms with Crippen molar-refractivity contribution in [2.75, 3.05) is 0 Å². The van der Waals surface area contributed by atoms with E-state index >= 15 is 0 Å². The molecule has 1 aliphatic carbocycles. The molecule has 1 saturated heterocycles. The molecule has 31 heavy (non-hydrogen) atoms. The van der Waals surface area contributed by atoms with E-state index in [4.69, 9.17) is 0 Å². The summed E-state index contributed by atoms with van der Waals surface area (Å²) in [4.78, 5) is 40.9. The number of nitrogens with one attached hydrogen (secondary N) is 1. The minimum absolute atomic E-state index is 0.105. The number of nitro groups is 1. The number of hydrazone groups is 1. The maximum atomic E-state index is 12.9. The van der Waals surface area contributed by atoms with Crippen molar-refractivity contribution in [2.24, 2.45) is 18.1 Å². The first kappa shape index (κ1) is 21.0. The fourth-order valence-electron chi connectivity index (χ4n) is 3.82. The molecule has 1 aromatic carbocycles. The molecule has 2 aromatic rings. The van der Waals surface area contributed by atoms with E-state index in [-0.39, 0.29) is 11.6 Å². The zero-order chi connectivity index (χ0) is 22.2. The van der Waals surface area contributed by atoms with Crippen molar-refractivity contribution in [3.8, 4) is 0 Å². The number of rotatable bonds is 5. The summed E-state index contributed by atoms with van der Waals surface area (Å²) in [6, 6.07) is 4.06. The summed E-state index contributed by atoms with van der Waals surface area (Å²) in [6.45, 7) is 2.13. The second-order valence-electron chi connectivity index (χ2n) is 7.96. The number of amides is 3. The summed E-state index contributed by atoms with van der Waals surface area (Å²) in [5.41, 5.74) is -0.572. The van der Waals surface area contributed by atoms with Crippen molar-refractivity contribution >= 4 is 35.6 Å². The third kappa shape index (κ3) is 4.05. The molecule has 4 rings (SSSR count). The van der Waals surface area contributed by atoms with Crippen molar-refractivity contribution in [1.82, 2.24) is 19.9 Å². The zero-order valence-electron chi connectivity index (χ0n) is 17.1. The van der Waals surface area contributed by atoms with Crippen molar-refractivity contribution in [3.05, 3.63) is 46.3 Å². The molecular weight excluding hydrogens is 420 g/mol. The van der Waals surface area contributed by atoms with Gasteiger partial charge in [0.1, 0.15) is 5.54 Å². The third-order valence-electron chi connectivity index (χ3n) is 5.75. The van der Waals surface area contributed by atoms with Gasteiger partial charge in [-0.15, -0.1) is 5.01 Å². The number of nitrogens with zero attached hydrogens (tertiary/aromatic N) is 5. The molecule has 0 radical (unpaired) electrons. The minimum Gasteiger partial charge on any atom is -0.329 e. The van der Waals surface area contributed by atoms with E-state index in [1.807, 2.05) is 0 Å². The fraction of sp³-hybridized carbons (Fsp3) is 0.400. The van der Waals surface area contributed by atoms with E-state index in [9.17, 15) is 19.7 Å². The van der Waals surface area contributed by atoms with E-state index in [0.29, 0.717) is 34.4 Å². The van der Waals surface area contributed by atoms with Crippen LogP contribution < -0.4 is 5.32 Å². The molecule has 0 unspecified atom stereocenters. The number of nitro benzene ring substituents is 1. The molecular formula is C20H22N6O4S. The highest BCUT2D eigenvalue weighted by Gasteiger charge is 2.52. The number of urea groups is 1. The predicted octanol–water partition coefficient (Wildman–Crippen LogP) is 3.31. The Hall–Kier alpha value is -3.21. The lowest BCUT2D eigenvalue weighted by Crippen LogP contribution is -2.49. The number of benzene rings is 1. The van der Waals surface area contributed by atoms with Crippen LogP contribution in [0.4, 0.5) is 10.5 Å². The molecule has 0 bridgehead atoms. The van der Waals surface area contributed by atoms with Gasteiger partial charge in [-0.2, -0.15) is 5.10 Å². The van der Waals surface area contributed by atoms with Crippen molar-refractivity contribution in [1.29, 1.82) is 0 Å². The normalized spacial score (nSPS) is 23.7. The summed E-state index contributed by atoms with van der Waals surface area (Å²) < 4.78 is 1.77. The molecule has 162 valence electrons. The van der Waals surface area contributed by atoms with Crippen molar-refractivity contribution in [2.45, 2.75) is 48.2 Å². The summed E-state index contributed by atoms with van der Waals surface area (Å²) in [7, 11) is 1.81. The van der Waals surface area contributed by atoms with Gasteiger partial charge in [0.05, 0.1) is 16.0 Å². The van der Waals surface area contributed by atoms with Crippen LogP contribution in [0.1, 0.15) is 38.2 Å². The summed E-state index contributed by atoms with van der Waals surface area (Å²) in [5, 5.41) is 19.9. The van der Waals surface area contributed by atoms with E-state index in [1.165, 1.54) is 24.0 Å². The summed E-state index contributed by atoms with van der Waals surface area (Å²) >= 11 is 1.18. The number of aromatic nitrogens is 2. The molecule has 11 heteroatoms. The van der Waals surface area contributed by atoms with Crippen LogP contribution in [0.15, 0.2) is 45.7 Å². The van der Waals surface area contributed by atoms with Crippen molar-refractivity contribution in [3.63, 3.8) is 0 Å². The number of carbonyl (C=O) groups is 2.